The van der Waals surface area contributed by atoms with E-state index < -0.39 is 0 Å². The van der Waals surface area contributed by atoms with Crippen LogP contribution in [0.2, 0.25) is 0 Å². The van der Waals surface area contributed by atoms with Crippen LogP contribution in [0.1, 0.15) is 31.4 Å². The predicted octanol–water partition coefficient (Wildman–Crippen LogP) is 4.91. The molecule has 3 rings (SSSR count). The normalized spacial score (nSPS) is 11.5. The Balaban J connectivity index is 1.47. The maximum Gasteiger partial charge on any atom is 0.219 e. The number of carbonyl (C=O) groups is 1. The summed E-state index contributed by atoms with van der Waals surface area (Å²) < 4.78 is 11.5. The first-order valence-electron chi connectivity index (χ1n) is 9.75. The second-order valence-corrected chi connectivity index (χ2v) is 6.99. The van der Waals surface area contributed by atoms with Gasteiger partial charge in [-0.15, -0.1) is 0 Å². The highest BCUT2D eigenvalue weighted by molar-refractivity contribution is 5.73. The Morgan fingerprint density at radius 1 is 0.966 bits per heavy atom. The van der Waals surface area contributed by atoms with Gasteiger partial charge < -0.3 is 14.8 Å². The Kier molecular flexibility index (Phi) is 7.22. The number of ether oxygens (including phenoxy) is 2. The SMILES string of the molecule is CC(=O)N[C@H](C)CCc1ccc(Oc2ccc(OCc3ccccc3)cn2)cc1. The van der Waals surface area contributed by atoms with E-state index in [0.29, 0.717) is 18.2 Å². The summed E-state index contributed by atoms with van der Waals surface area (Å²) in [6, 6.07) is 21.7. The van der Waals surface area contributed by atoms with Crippen LogP contribution in [-0.4, -0.2) is 16.9 Å². The van der Waals surface area contributed by atoms with Crippen LogP contribution in [-0.2, 0) is 17.8 Å². The quantitative estimate of drug-likeness (QED) is 0.564. The summed E-state index contributed by atoms with van der Waals surface area (Å²) in [6.07, 6.45) is 3.45. The Morgan fingerprint density at radius 3 is 2.34 bits per heavy atom. The van der Waals surface area contributed by atoms with Crippen molar-refractivity contribution in [1.29, 1.82) is 0 Å². The average molecular weight is 390 g/mol. The fourth-order valence-electron chi connectivity index (χ4n) is 2.90. The summed E-state index contributed by atoms with van der Waals surface area (Å²) in [7, 11) is 0. The molecule has 0 bridgehead atoms. The number of carbonyl (C=O) groups excluding carboxylic acids is 1. The first-order valence-corrected chi connectivity index (χ1v) is 9.75. The minimum Gasteiger partial charge on any atom is -0.487 e. The summed E-state index contributed by atoms with van der Waals surface area (Å²) in [6.45, 7) is 4.06. The van der Waals surface area contributed by atoms with Crippen LogP contribution in [0.25, 0.3) is 0 Å². The molecule has 0 aliphatic carbocycles. The monoisotopic (exact) mass is 390 g/mol. The van der Waals surface area contributed by atoms with Gasteiger partial charge in [-0.1, -0.05) is 42.5 Å². The smallest absolute Gasteiger partial charge is 0.219 e. The molecule has 0 radical (unpaired) electrons. The zero-order chi connectivity index (χ0) is 20.5. The Morgan fingerprint density at radius 2 is 1.69 bits per heavy atom. The van der Waals surface area contributed by atoms with E-state index in [1.54, 1.807) is 19.2 Å². The van der Waals surface area contributed by atoms with E-state index in [0.717, 1.165) is 24.2 Å². The summed E-state index contributed by atoms with van der Waals surface area (Å²) >= 11 is 0. The highest BCUT2D eigenvalue weighted by Crippen LogP contribution is 2.22. The van der Waals surface area contributed by atoms with Gasteiger partial charge >= 0.3 is 0 Å². The van der Waals surface area contributed by atoms with Crippen LogP contribution in [0, 0.1) is 0 Å². The number of amides is 1. The van der Waals surface area contributed by atoms with Crippen LogP contribution in [0.15, 0.2) is 72.9 Å². The molecule has 1 heterocycles. The van der Waals surface area contributed by atoms with Crippen LogP contribution in [0.5, 0.6) is 17.4 Å². The van der Waals surface area contributed by atoms with Crippen molar-refractivity contribution in [2.45, 2.75) is 39.3 Å². The lowest BCUT2D eigenvalue weighted by Gasteiger charge is -2.12. The third kappa shape index (κ3) is 6.96. The molecule has 1 aromatic heterocycles. The van der Waals surface area contributed by atoms with Crippen molar-refractivity contribution >= 4 is 5.91 Å². The molecular weight excluding hydrogens is 364 g/mol. The topological polar surface area (TPSA) is 60.5 Å². The number of nitrogens with one attached hydrogen (secondary N) is 1. The molecule has 3 aromatic rings. The number of aromatic nitrogens is 1. The zero-order valence-corrected chi connectivity index (χ0v) is 16.8. The van der Waals surface area contributed by atoms with Gasteiger partial charge in [0.05, 0.1) is 6.20 Å². The summed E-state index contributed by atoms with van der Waals surface area (Å²) in [5.41, 5.74) is 2.31. The number of nitrogens with zero attached hydrogens (tertiary/aromatic N) is 1. The molecule has 5 heteroatoms. The lowest BCUT2D eigenvalue weighted by atomic mass is 10.1. The largest absolute Gasteiger partial charge is 0.487 e. The lowest BCUT2D eigenvalue weighted by molar-refractivity contribution is -0.119. The second-order valence-electron chi connectivity index (χ2n) is 6.99. The van der Waals surface area contributed by atoms with E-state index in [1.165, 1.54) is 5.56 Å². The highest BCUT2D eigenvalue weighted by Gasteiger charge is 2.05. The zero-order valence-electron chi connectivity index (χ0n) is 16.8. The van der Waals surface area contributed by atoms with E-state index in [4.69, 9.17) is 9.47 Å². The van der Waals surface area contributed by atoms with Crippen LogP contribution in [0.4, 0.5) is 0 Å². The summed E-state index contributed by atoms with van der Waals surface area (Å²) in [4.78, 5) is 15.4. The van der Waals surface area contributed by atoms with Gasteiger partial charge in [-0.3, -0.25) is 4.79 Å². The van der Waals surface area contributed by atoms with Crippen LogP contribution >= 0.6 is 0 Å². The molecule has 150 valence electrons. The van der Waals surface area contributed by atoms with Crippen molar-refractivity contribution in [1.82, 2.24) is 10.3 Å². The highest BCUT2D eigenvalue weighted by atomic mass is 16.5. The number of hydrogen-bond donors (Lipinski definition) is 1. The minimum atomic E-state index is 0.00484. The lowest BCUT2D eigenvalue weighted by Crippen LogP contribution is -2.30. The molecule has 0 saturated carbocycles. The van der Waals surface area contributed by atoms with Crippen molar-refractivity contribution in [3.63, 3.8) is 0 Å². The van der Waals surface area contributed by atoms with Gasteiger partial charge in [-0.2, -0.15) is 0 Å². The van der Waals surface area contributed by atoms with Gasteiger partial charge in [0, 0.05) is 19.0 Å². The molecular formula is C24H26N2O3. The van der Waals surface area contributed by atoms with E-state index in [-0.39, 0.29) is 11.9 Å². The number of benzene rings is 2. The number of pyridine rings is 1. The van der Waals surface area contributed by atoms with E-state index in [9.17, 15) is 4.79 Å². The van der Waals surface area contributed by atoms with Crippen LogP contribution in [0.3, 0.4) is 0 Å². The van der Waals surface area contributed by atoms with Gasteiger partial charge in [0.25, 0.3) is 0 Å². The fraction of sp³-hybridized carbons (Fsp3) is 0.250. The Labute approximate surface area is 171 Å². The molecule has 5 nitrogen and oxygen atoms in total. The van der Waals surface area contributed by atoms with Crippen molar-refractivity contribution in [3.8, 4) is 17.4 Å². The number of aryl methyl sites for hydroxylation is 1. The average Bonchev–Trinajstić information content (AvgIpc) is 2.73. The summed E-state index contributed by atoms with van der Waals surface area (Å²) in [5, 5.41) is 2.90. The van der Waals surface area contributed by atoms with Crippen molar-refractivity contribution in [3.05, 3.63) is 84.1 Å². The van der Waals surface area contributed by atoms with Crippen LogP contribution < -0.4 is 14.8 Å². The van der Waals surface area contributed by atoms with Gasteiger partial charge in [-0.25, -0.2) is 4.98 Å². The molecule has 1 amide bonds. The maximum atomic E-state index is 11.1. The van der Waals surface area contributed by atoms with Crippen molar-refractivity contribution in [2.24, 2.45) is 0 Å². The van der Waals surface area contributed by atoms with Gasteiger partial charge in [0.2, 0.25) is 11.8 Å². The molecule has 1 N–H and O–H groups in total. The Bertz CT molecular complexity index is 894. The third-order valence-corrected chi connectivity index (χ3v) is 4.42. The second kappa shape index (κ2) is 10.3. The van der Waals surface area contributed by atoms with Gasteiger partial charge in [0.1, 0.15) is 18.1 Å². The van der Waals surface area contributed by atoms with Crippen molar-refractivity contribution in [2.75, 3.05) is 0 Å². The van der Waals surface area contributed by atoms with Gasteiger partial charge in [0.15, 0.2) is 0 Å². The molecule has 0 fully saturated rings. The summed E-state index contributed by atoms with van der Waals surface area (Å²) in [5.74, 6) is 1.95. The molecule has 1 atom stereocenters. The maximum absolute atomic E-state index is 11.1. The van der Waals surface area contributed by atoms with E-state index in [2.05, 4.69) is 10.3 Å². The molecule has 0 aliphatic heterocycles. The molecule has 29 heavy (non-hydrogen) atoms. The molecule has 0 unspecified atom stereocenters. The third-order valence-electron chi connectivity index (χ3n) is 4.42. The molecule has 0 saturated heterocycles. The minimum absolute atomic E-state index is 0.00484. The van der Waals surface area contributed by atoms with E-state index in [1.807, 2.05) is 67.6 Å². The standard InChI is InChI=1S/C24H26N2O3/c1-18(26-19(2)27)8-9-20-10-12-22(13-11-20)29-24-15-14-23(16-25-24)28-17-21-6-4-3-5-7-21/h3-7,10-16,18H,8-9,17H2,1-2H3,(H,26,27)/t18-/m1/s1. The molecule has 0 spiro atoms. The predicted molar refractivity (Wildman–Crippen MR) is 113 cm³/mol. The van der Waals surface area contributed by atoms with E-state index >= 15 is 0 Å². The number of hydrogen-bond acceptors (Lipinski definition) is 4. The molecule has 0 aliphatic rings. The molecule has 2 aromatic carbocycles. The Hall–Kier alpha value is -3.34. The number of rotatable bonds is 9. The van der Waals surface area contributed by atoms with Crippen molar-refractivity contribution < 1.29 is 14.3 Å². The first kappa shape index (κ1) is 20.4. The first-order chi connectivity index (χ1) is 14.1. The van der Waals surface area contributed by atoms with Gasteiger partial charge in [-0.05, 0) is 49.1 Å². The fourth-order valence-corrected chi connectivity index (χ4v) is 2.90.